The van der Waals surface area contributed by atoms with Crippen molar-refractivity contribution in [2.24, 2.45) is 5.41 Å². The fraction of sp³-hybridized carbons (Fsp3) is 0.647. The van der Waals surface area contributed by atoms with E-state index in [0.29, 0.717) is 11.5 Å². The summed E-state index contributed by atoms with van der Waals surface area (Å²) in [5.74, 6) is 0.935. The smallest absolute Gasteiger partial charge is 0.118 e. The number of rotatable bonds is 4. The Morgan fingerprint density at radius 1 is 1.20 bits per heavy atom. The van der Waals surface area contributed by atoms with Crippen LogP contribution in [-0.2, 0) is 6.54 Å². The van der Waals surface area contributed by atoms with Gasteiger partial charge in [0, 0.05) is 12.6 Å². The summed E-state index contributed by atoms with van der Waals surface area (Å²) in [7, 11) is 1.71. The second kappa shape index (κ2) is 6.15. The molecule has 0 unspecified atom stereocenters. The summed E-state index contributed by atoms with van der Waals surface area (Å²) in [5.41, 5.74) is 1.92. The molecule has 1 aromatic carbocycles. The third-order valence-corrected chi connectivity index (χ3v) is 5.22. The van der Waals surface area contributed by atoms with Crippen LogP contribution in [0.5, 0.6) is 5.75 Å². The first-order valence-electron chi connectivity index (χ1n) is 7.89. The standard InChI is InChI=1S/C17H26N2O/c1-20-15-6-4-14(5-7-15)13-19-16-3-2-8-17(16)9-11-18-12-10-17/h4-7,16,18-19H,2-3,8-13H2,1H3/t16-/m1/s1. The van der Waals surface area contributed by atoms with Gasteiger partial charge in [0.05, 0.1) is 7.11 Å². The Bertz CT molecular complexity index is 423. The summed E-state index contributed by atoms with van der Waals surface area (Å²) in [6.07, 6.45) is 6.83. The first kappa shape index (κ1) is 13.9. The van der Waals surface area contributed by atoms with Gasteiger partial charge in [-0.05, 0) is 61.9 Å². The molecule has 1 atom stereocenters. The van der Waals surface area contributed by atoms with Crippen molar-refractivity contribution >= 4 is 0 Å². The molecule has 3 nitrogen and oxygen atoms in total. The maximum atomic E-state index is 5.21. The summed E-state index contributed by atoms with van der Waals surface area (Å²) >= 11 is 0. The molecule has 2 N–H and O–H groups in total. The van der Waals surface area contributed by atoms with E-state index in [9.17, 15) is 0 Å². The molecular weight excluding hydrogens is 248 g/mol. The average Bonchev–Trinajstić information content (AvgIpc) is 2.88. The number of hydrogen-bond donors (Lipinski definition) is 2. The molecule has 1 saturated heterocycles. The van der Waals surface area contributed by atoms with E-state index in [1.54, 1.807) is 7.11 Å². The normalized spacial score (nSPS) is 24.9. The quantitative estimate of drug-likeness (QED) is 0.885. The van der Waals surface area contributed by atoms with E-state index < -0.39 is 0 Å². The highest BCUT2D eigenvalue weighted by atomic mass is 16.5. The number of piperidine rings is 1. The molecule has 1 aliphatic heterocycles. The van der Waals surface area contributed by atoms with Crippen molar-refractivity contribution in [3.8, 4) is 5.75 Å². The Morgan fingerprint density at radius 2 is 1.95 bits per heavy atom. The number of benzene rings is 1. The maximum Gasteiger partial charge on any atom is 0.118 e. The molecule has 0 bridgehead atoms. The number of hydrogen-bond acceptors (Lipinski definition) is 3. The predicted octanol–water partition coefficient (Wildman–Crippen LogP) is 2.71. The van der Waals surface area contributed by atoms with E-state index in [-0.39, 0.29) is 0 Å². The molecule has 0 aromatic heterocycles. The van der Waals surface area contributed by atoms with Gasteiger partial charge in [0.15, 0.2) is 0 Å². The Balaban J connectivity index is 1.59. The third kappa shape index (κ3) is 2.84. The van der Waals surface area contributed by atoms with Crippen LogP contribution in [0.15, 0.2) is 24.3 Å². The number of ether oxygens (including phenoxy) is 1. The molecule has 2 aliphatic rings. The van der Waals surface area contributed by atoms with Gasteiger partial charge in [-0.25, -0.2) is 0 Å². The molecule has 1 heterocycles. The van der Waals surface area contributed by atoms with Crippen molar-refractivity contribution in [3.05, 3.63) is 29.8 Å². The van der Waals surface area contributed by atoms with Crippen LogP contribution < -0.4 is 15.4 Å². The van der Waals surface area contributed by atoms with Crippen molar-refractivity contribution in [1.82, 2.24) is 10.6 Å². The summed E-state index contributed by atoms with van der Waals surface area (Å²) in [4.78, 5) is 0. The van der Waals surface area contributed by atoms with Gasteiger partial charge in [-0.3, -0.25) is 0 Å². The minimum atomic E-state index is 0.567. The Labute approximate surface area is 122 Å². The van der Waals surface area contributed by atoms with Gasteiger partial charge >= 0.3 is 0 Å². The largest absolute Gasteiger partial charge is 0.497 e. The summed E-state index contributed by atoms with van der Waals surface area (Å²) in [6, 6.07) is 9.12. The summed E-state index contributed by atoms with van der Waals surface area (Å²) in [6.45, 7) is 3.37. The lowest BCUT2D eigenvalue weighted by molar-refractivity contribution is 0.159. The number of methoxy groups -OCH3 is 1. The van der Waals surface area contributed by atoms with Crippen LogP contribution in [0.2, 0.25) is 0 Å². The lowest BCUT2D eigenvalue weighted by atomic mass is 9.74. The molecule has 0 amide bonds. The third-order valence-electron chi connectivity index (χ3n) is 5.22. The van der Waals surface area contributed by atoms with Crippen molar-refractivity contribution in [1.29, 1.82) is 0 Å². The predicted molar refractivity (Wildman–Crippen MR) is 82.0 cm³/mol. The van der Waals surface area contributed by atoms with E-state index in [1.165, 1.54) is 50.8 Å². The summed E-state index contributed by atoms with van der Waals surface area (Å²) in [5, 5.41) is 7.33. The van der Waals surface area contributed by atoms with Crippen LogP contribution in [0.3, 0.4) is 0 Å². The highest BCUT2D eigenvalue weighted by Crippen LogP contribution is 2.45. The van der Waals surface area contributed by atoms with Crippen LogP contribution in [0, 0.1) is 5.41 Å². The lowest BCUT2D eigenvalue weighted by Gasteiger charge is -2.40. The zero-order valence-corrected chi connectivity index (χ0v) is 12.5. The number of nitrogens with one attached hydrogen (secondary N) is 2. The van der Waals surface area contributed by atoms with Gasteiger partial charge in [-0.1, -0.05) is 18.6 Å². The zero-order valence-electron chi connectivity index (χ0n) is 12.5. The summed E-state index contributed by atoms with van der Waals surface area (Å²) < 4.78 is 5.21. The van der Waals surface area contributed by atoms with Gasteiger partial charge in [0.25, 0.3) is 0 Å². The molecule has 1 saturated carbocycles. The average molecular weight is 274 g/mol. The van der Waals surface area contributed by atoms with E-state index in [1.807, 2.05) is 12.1 Å². The maximum absolute atomic E-state index is 5.21. The molecule has 3 heteroatoms. The molecule has 1 aliphatic carbocycles. The second-order valence-electron chi connectivity index (χ2n) is 6.29. The first-order chi connectivity index (χ1) is 9.82. The van der Waals surface area contributed by atoms with E-state index in [4.69, 9.17) is 4.74 Å². The van der Waals surface area contributed by atoms with Crippen molar-refractivity contribution in [2.45, 2.75) is 44.7 Å². The molecular formula is C17H26N2O. The SMILES string of the molecule is COc1ccc(CN[C@@H]2CCCC23CCNCC3)cc1. The second-order valence-corrected chi connectivity index (χ2v) is 6.29. The minimum Gasteiger partial charge on any atom is -0.497 e. The van der Waals surface area contributed by atoms with Gasteiger partial charge < -0.3 is 15.4 Å². The van der Waals surface area contributed by atoms with E-state index in [0.717, 1.165) is 12.3 Å². The fourth-order valence-corrected chi connectivity index (χ4v) is 3.96. The van der Waals surface area contributed by atoms with Crippen LogP contribution in [0.25, 0.3) is 0 Å². The highest BCUT2D eigenvalue weighted by Gasteiger charge is 2.42. The Kier molecular flexibility index (Phi) is 4.27. The van der Waals surface area contributed by atoms with Crippen molar-refractivity contribution in [2.75, 3.05) is 20.2 Å². The van der Waals surface area contributed by atoms with Crippen LogP contribution >= 0.6 is 0 Å². The Morgan fingerprint density at radius 3 is 2.65 bits per heavy atom. The van der Waals surface area contributed by atoms with Crippen molar-refractivity contribution in [3.63, 3.8) is 0 Å². The van der Waals surface area contributed by atoms with Gasteiger partial charge in [0.1, 0.15) is 5.75 Å². The van der Waals surface area contributed by atoms with Gasteiger partial charge in [-0.15, -0.1) is 0 Å². The molecule has 3 rings (SSSR count). The molecule has 0 radical (unpaired) electrons. The Hall–Kier alpha value is -1.06. The topological polar surface area (TPSA) is 33.3 Å². The lowest BCUT2D eigenvalue weighted by Crippen LogP contribution is -2.47. The van der Waals surface area contributed by atoms with Crippen molar-refractivity contribution < 1.29 is 4.74 Å². The minimum absolute atomic E-state index is 0.567. The van der Waals surface area contributed by atoms with Crippen LogP contribution in [-0.4, -0.2) is 26.2 Å². The highest BCUT2D eigenvalue weighted by molar-refractivity contribution is 5.27. The van der Waals surface area contributed by atoms with E-state index >= 15 is 0 Å². The molecule has 1 aromatic rings. The molecule has 20 heavy (non-hydrogen) atoms. The van der Waals surface area contributed by atoms with E-state index in [2.05, 4.69) is 22.8 Å². The first-order valence-corrected chi connectivity index (χ1v) is 7.89. The zero-order chi connectivity index (χ0) is 13.8. The molecule has 110 valence electrons. The monoisotopic (exact) mass is 274 g/mol. The fourth-order valence-electron chi connectivity index (χ4n) is 3.96. The van der Waals surface area contributed by atoms with Gasteiger partial charge in [0.2, 0.25) is 0 Å². The molecule has 1 spiro atoms. The molecule has 2 fully saturated rings. The van der Waals surface area contributed by atoms with Gasteiger partial charge in [-0.2, -0.15) is 0 Å². The van der Waals surface area contributed by atoms with Crippen LogP contribution in [0.1, 0.15) is 37.7 Å². The van der Waals surface area contributed by atoms with Crippen LogP contribution in [0.4, 0.5) is 0 Å².